The average molecular weight is 578 g/mol. The van der Waals surface area contributed by atoms with Crippen molar-refractivity contribution in [2.45, 2.75) is 19.0 Å². The van der Waals surface area contributed by atoms with E-state index in [1.807, 2.05) is 24.3 Å². The van der Waals surface area contributed by atoms with Crippen LogP contribution in [-0.2, 0) is 17.3 Å². The molecule has 1 unspecified atom stereocenters. The van der Waals surface area contributed by atoms with Crippen LogP contribution in [0.2, 0.25) is 5.02 Å². The number of nitrogens with one attached hydrogen (secondary N) is 1. The van der Waals surface area contributed by atoms with Crippen molar-refractivity contribution in [3.05, 3.63) is 87.8 Å². The maximum absolute atomic E-state index is 13.1. The number of aromatic nitrogens is 1. The van der Waals surface area contributed by atoms with Crippen molar-refractivity contribution in [1.82, 2.24) is 9.88 Å². The minimum atomic E-state index is -4.61. The Morgan fingerprint density at radius 1 is 1.10 bits per heavy atom. The number of halogens is 4. The number of pyridine rings is 1. The van der Waals surface area contributed by atoms with Crippen LogP contribution in [0.1, 0.15) is 23.2 Å². The normalized spacial score (nSPS) is 15.7. The Morgan fingerprint density at radius 3 is 2.58 bits per heavy atom. The molecular formula is C28H31ClF3N5O3. The fourth-order valence-electron chi connectivity index (χ4n) is 4.21. The fourth-order valence-corrected chi connectivity index (χ4v) is 4.43. The van der Waals surface area contributed by atoms with Crippen LogP contribution >= 0.6 is 11.6 Å². The van der Waals surface area contributed by atoms with E-state index in [0.29, 0.717) is 42.4 Å². The second kappa shape index (κ2) is 13.9. The van der Waals surface area contributed by atoms with Crippen molar-refractivity contribution >= 4 is 23.1 Å². The first-order valence-corrected chi connectivity index (χ1v) is 13.3. The highest BCUT2D eigenvalue weighted by atomic mass is 35.5. The number of aliphatic imine (C=N–C) groups is 1. The molecule has 0 bridgehead atoms. The van der Waals surface area contributed by atoms with Gasteiger partial charge < -0.3 is 25.5 Å². The molecule has 1 saturated heterocycles. The molecule has 3 aromatic rings. The molecular weight excluding hydrogens is 547 g/mol. The van der Waals surface area contributed by atoms with E-state index in [4.69, 9.17) is 26.8 Å². The lowest BCUT2D eigenvalue weighted by molar-refractivity contribution is -0.776. The van der Waals surface area contributed by atoms with E-state index in [1.54, 1.807) is 18.3 Å². The molecule has 1 atom stereocenters. The van der Waals surface area contributed by atoms with Crippen molar-refractivity contribution < 1.29 is 27.7 Å². The number of hydrogen-bond donors (Lipinski definition) is 2. The zero-order valence-electron chi connectivity index (χ0n) is 21.8. The molecule has 1 aliphatic rings. The van der Waals surface area contributed by atoms with Crippen molar-refractivity contribution in [2.24, 2.45) is 10.7 Å². The van der Waals surface area contributed by atoms with Gasteiger partial charge in [0.1, 0.15) is 28.7 Å². The highest BCUT2D eigenvalue weighted by molar-refractivity contribution is 6.31. The van der Waals surface area contributed by atoms with Gasteiger partial charge in [0.25, 0.3) is 0 Å². The van der Waals surface area contributed by atoms with Gasteiger partial charge in [0.05, 0.1) is 36.9 Å². The molecule has 1 aliphatic heterocycles. The molecule has 12 heteroatoms. The number of ether oxygens (including phenoxy) is 2. The number of benzene rings is 2. The first kappa shape index (κ1) is 29.8. The lowest BCUT2D eigenvalue weighted by Gasteiger charge is -2.25. The Morgan fingerprint density at radius 2 is 1.85 bits per heavy atom. The summed E-state index contributed by atoms with van der Waals surface area (Å²) in [6.45, 7) is 4.75. The highest BCUT2D eigenvalue weighted by Crippen LogP contribution is 2.35. The molecule has 214 valence electrons. The van der Waals surface area contributed by atoms with Crippen molar-refractivity contribution in [3.63, 3.8) is 0 Å². The molecule has 1 aromatic heterocycles. The lowest BCUT2D eigenvalue weighted by atomic mass is 10.1. The molecule has 0 amide bonds. The Bertz CT molecular complexity index is 1280. The second-order valence-corrected chi connectivity index (χ2v) is 9.72. The summed E-state index contributed by atoms with van der Waals surface area (Å²) < 4.78 is 50.5. The third-order valence-corrected chi connectivity index (χ3v) is 6.75. The summed E-state index contributed by atoms with van der Waals surface area (Å²) in [5.41, 5.74) is 6.64. The summed E-state index contributed by atoms with van der Waals surface area (Å²) >= 11 is 5.64. The highest BCUT2D eigenvalue weighted by Gasteiger charge is 2.34. The largest absolute Gasteiger partial charge is 0.629 e. The van der Waals surface area contributed by atoms with Crippen LogP contribution in [0.3, 0.4) is 0 Å². The summed E-state index contributed by atoms with van der Waals surface area (Å²) in [5, 5.41) is 11.6. The standard InChI is InChI=1S/C28H31ClF3N5O3/c29-25-8-5-21(18-24(25)28(30,31)32)37(38)12-1-2-20-3-6-22(7-4-20)40-23-9-10-34-26(19-23)27(33)35-11-13-36-14-16-39-17-15-36/h3-10,18-19,37H,1-2,11-17H2,(H2,33,35). The number of hydrogen-bond acceptors (Lipinski definition) is 6. The number of aryl methyl sites for hydroxylation is 1. The first-order valence-electron chi connectivity index (χ1n) is 12.9. The average Bonchev–Trinajstić information content (AvgIpc) is 2.94. The Labute approximate surface area is 235 Å². The molecule has 1 fully saturated rings. The van der Waals surface area contributed by atoms with Crippen molar-refractivity contribution in [1.29, 1.82) is 0 Å². The van der Waals surface area contributed by atoms with Gasteiger partial charge in [0.2, 0.25) is 0 Å². The molecule has 0 radical (unpaired) electrons. The third-order valence-electron chi connectivity index (χ3n) is 6.42. The topological polar surface area (TPSA) is 100 Å². The van der Waals surface area contributed by atoms with Gasteiger partial charge in [0, 0.05) is 50.5 Å². The van der Waals surface area contributed by atoms with Crippen molar-refractivity contribution in [2.75, 3.05) is 45.9 Å². The van der Waals surface area contributed by atoms with E-state index >= 15 is 0 Å². The Balaban J connectivity index is 1.26. The van der Waals surface area contributed by atoms with Crippen molar-refractivity contribution in [3.8, 4) is 11.5 Å². The molecule has 2 aromatic carbocycles. The first-order chi connectivity index (χ1) is 19.2. The summed E-state index contributed by atoms with van der Waals surface area (Å²) in [6.07, 6.45) is -1.93. The van der Waals surface area contributed by atoms with Gasteiger partial charge in [-0.05, 0) is 36.2 Å². The number of nitrogens with two attached hydrogens (primary N) is 1. The minimum absolute atomic E-state index is 0.0000220. The van der Waals surface area contributed by atoms with Crippen LogP contribution in [0.5, 0.6) is 11.5 Å². The summed E-state index contributed by atoms with van der Waals surface area (Å²) in [5.74, 6) is 1.52. The summed E-state index contributed by atoms with van der Waals surface area (Å²) in [6, 6.07) is 14.1. The fraction of sp³-hybridized carbons (Fsp3) is 0.357. The Kier molecular flexibility index (Phi) is 10.3. The molecule has 3 N–H and O–H groups in total. The van der Waals surface area contributed by atoms with E-state index in [2.05, 4.69) is 14.9 Å². The van der Waals surface area contributed by atoms with E-state index in [0.717, 1.165) is 50.5 Å². The smallest absolute Gasteiger partial charge is 0.418 e. The Hall–Kier alpha value is -3.22. The van der Waals surface area contributed by atoms with Crippen LogP contribution in [-0.4, -0.2) is 61.7 Å². The molecule has 0 saturated carbocycles. The van der Waals surface area contributed by atoms with E-state index in [9.17, 15) is 18.4 Å². The van der Waals surface area contributed by atoms with Gasteiger partial charge in [-0.2, -0.15) is 13.2 Å². The van der Waals surface area contributed by atoms with E-state index in [-0.39, 0.29) is 17.3 Å². The number of rotatable bonds is 11. The molecule has 0 spiro atoms. The second-order valence-electron chi connectivity index (χ2n) is 9.31. The monoisotopic (exact) mass is 577 g/mol. The van der Waals surface area contributed by atoms with Crippen LogP contribution in [0.15, 0.2) is 65.8 Å². The number of nitrogens with zero attached hydrogens (tertiary/aromatic N) is 3. The van der Waals surface area contributed by atoms with Gasteiger partial charge in [0.15, 0.2) is 0 Å². The zero-order chi connectivity index (χ0) is 28.5. The zero-order valence-corrected chi connectivity index (χ0v) is 22.5. The summed E-state index contributed by atoms with van der Waals surface area (Å²) in [7, 11) is 0. The van der Waals surface area contributed by atoms with Gasteiger partial charge in [-0.15, -0.1) is 0 Å². The van der Waals surface area contributed by atoms with Gasteiger partial charge in [-0.1, -0.05) is 23.7 Å². The number of amidine groups is 1. The van der Waals surface area contributed by atoms with Gasteiger partial charge in [-0.3, -0.25) is 14.9 Å². The SMILES string of the molecule is NC(=NCCN1CCOCC1)c1cc(Oc2ccc(CCC[NH+]([O-])c3ccc(Cl)c(C(F)(F)F)c3)cc2)ccn1. The molecule has 40 heavy (non-hydrogen) atoms. The van der Waals surface area contributed by atoms with Crippen LogP contribution < -0.4 is 15.5 Å². The quantitative estimate of drug-likeness (QED) is 0.201. The molecule has 8 nitrogen and oxygen atoms in total. The number of alkyl halides is 3. The maximum Gasteiger partial charge on any atom is 0.418 e. The predicted octanol–water partition coefficient (Wildman–Crippen LogP) is 4.23. The summed E-state index contributed by atoms with van der Waals surface area (Å²) in [4.78, 5) is 11.0. The molecule has 4 rings (SSSR count). The maximum atomic E-state index is 13.1. The van der Waals surface area contributed by atoms with Gasteiger partial charge in [-0.25, -0.2) is 0 Å². The number of hydroxylamine groups is 1. The lowest BCUT2D eigenvalue weighted by Crippen LogP contribution is -3.02. The number of quaternary nitrogens is 1. The minimum Gasteiger partial charge on any atom is -0.629 e. The number of morpholine rings is 1. The van der Waals surface area contributed by atoms with Crippen LogP contribution in [0, 0.1) is 5.21 Å². The van der Waals surface area contributed by atoms with E-state index in [1.165, 1.54) is 6.07 Å². The van der Waals surface area contributed by atoms with Crippen LogP contribution in [0.4, 0.5) is 18.9 Å². The third kappa shape index (κ3) is 8.64. The van der Waals surface area contributed by atoms with Crippen LogP contribution in [0.25, 0.3) is 0 Å². The molecule has 0 aliphatic carbocycles. The molecule has 2 heterocycles. The van der Waals surface area contributed by atoms with Gasteiger partial charge >= 0.3 is 6.18 Å². The predicted molar refractivity (Wildman–Crippen MR) is 147 cm³/mol. The van der Waals surface area contributed by atoms with E-state index < -0.39 is 16.8 Å².